The van der Waals surface area contributed by atoms with Gasteiger partial charge in [0.1, 0.15) is 12.9 Å². The summed E-state index contributed by atoms with van der Waals surface area (Å²) in [5, 5.41) is 0. The number of carbonyl (C=O) groups excluding carboxylic acids is 1. The third-order valence-corrected chi connectivity index (χ3v) is 4.88. The van der Waals surface area contributed by atoms with Crippen LogP contribution in [0.4, 0.5) is 0 Å². The van der Waals surface area contributed by atoms with E-state index in [0.717, 1.165) is 66.0 Å². The van der Waals surface area contributed by atoms with E-state index in [4.69, 9.17) is 19.4 Å². The predicted molar refractivity (Wildman–Crippen MR) is 120 cm³/mol. The summed E-state index contributed by atoms with van der Waals surface area (Å²) in [6.07, 6.45) is 24.2. The van der Waals surface area contributed by atoms with E-state index in [-0.39, 0.29) is 12.7 Å². The van der Waals surface area contributed by atoms with Crippen molar-refractivity contribution in [2.24, 2.45) is 0 Å². The number of ether oxygens (including phenoxy) is 2. The highest BCUT2D eigenvalue weighted by molar-refractivity contribution is 5.85. The van der Waals surface area contributed by atoms with E-state index < -0.39 is 0 Å². The van der Waals surface area contributed by atoms with E-state index in [1.165, 1.54) is 0 Å². The van der Waals surface area contributed by atoms with E-state index in [2.05, 4.69) is 19.1 Å². The summed E-state index contributed by atoms with van der Waals surface area (Å²) in [7, 11) is 1.68. The maximum absolute atomic E-state index is 10.6. The Hall–Kier alpha value is -3.05. The quantitative estimate of drug-likeness (QED) is 0.554. The normalized spacial score (nSPS) is 18.2. The first-order valence-electron chi connectivity index (χ1n) is 10.3. The number of nitrogens with zero attached hydrogens (tertiary/aromatic N) is 2. The SMILES string of the molecule is CCCCc1cnc(C2=CC=C(OC)CC=C2)c(C2=CC=CC(OCC=O)C=C2)n1. The van der Waals surface area contributed by atoms with Crippen LogP contribution in [0.3, 0.4) is 0 Å². The van der Waals surface area contributed by atoms with Gasteiger partial charge in [-0.15, -0.1) is 0 Å². The van der Waals surface area contributed by atoms with Gasteiger partial charge in [-0.25, -0.2) is 4.98 Å². The van der Waals surface area contributed by atoms with E-state index in [1.807, 2.05) is 48.7 Å². The van der Waals surface area contributed by atoms with Crippen LogP contribution in [0.2, 0.25) is 0 Å². The topological polar surface area (TPSA) is 61.3 Å². The van der Waals surface area contributed by atoms with Gasteiger partial charge in [-0.1, -0.05) is 55.9 Å². The van der Waals surface area contributed by atoms with Crippen molar-refractivity contribution in [2.75, 3.05) is 13.7 Å². The average molecular weight is 405 g/mol. The highest BCUT2D eigenvalue weighted by Gasteiger charge is 2.15. The summed E-state index contributed by atoms with van der Waals surface area (Å²) in [4.78, 5) is 20.4. The number of rotatable bonds is 9. The lowest BCUT2D eigenvalue weighted by Gasteiger charge is -2.12. The van der Waals surface area contributed by atoms with Gasteiger partial charge in [-0.3, -0.25) is 4.98 Å². The molecule has 0 radical (unpaired) electrons. The van der Waals surface area contributed by atoms with Crippen molar-refractivity contribution >= 4 is 17.4 Å². The summed E-state index contributed by atoms with van der Waals surface area (Å²) in [5.74, 6) is 0.905. The van der Waals surface area contributed by atoms with Crippen molar-refractivity contribution in [3.05, 3.63) is 83.7 Å². The van der Waals surface area contributed by atoms with Crippen molar-refractivity contribution in [1.29, 1.82) is 0 Å². The van der Waals surface area contributed by atoms with Crippen molar-refractivity contribution in [3.8, 4) is 0 Å². The minimum atomic E-state index is -0.243. The predicted octanol–water partition coefficient (Wildman–Crippen LogP) is 4.79. The van der Waals surface area contributed by atoms with E-state index in [1.54, 1.807) is 7.11 Å². The molecule has 0 fully saturated rings. The zero-order valence-electron chi connectivity index (χ0n) is 17.6. The van der Waals surface area contributed by atoms with Gasteiger partial charge in [0.05, 0.1) is 36.1 Å². The van der Waals surface area contributed by atoms with Crippen LogP contribution < -0.4 is 0 Å². The van der Waals surface area contributed by atoms with Crippen LogP contribution in [-0.4, -0.2) is 36.1 Å². The molecule has 0 saturated heterocycles. The number of hydrogen-bond donors (Lipinski definition) is 0. The molecule has 1 aromatic heterocycles. The van der Waals surface area contributed by atoms with Gasteiger partial charge < -0.3 is 14.3 Å². The van der Waals surface area contributed by atoms with E-state index in [9.17, 15) is 4.79 Å². The Bertz CT molecular complexity index is 936. The van der Waals surface area contributed by atoms with Crippen molar-refractivity contribution in [3.63, 3.8) is 0 Å². The molecule has 0 bridgehead atoms. The summed E-state index contributed by atoms with van der Waals surface area (Å²) in [6.45, 7) is 2.24. The zero-order chi connectivity index (χ0) is 21.2. The van der Waals surface area contributed by atoms with Crippen LogP contribution in [0.25, 0.3) is 11.1 Å². The molecule has 3 rings (SSSR count). The fraction of sp³-hybridized carbons (Fsp3) is 0.320. The van der Waals surface area contributed by atoms with Crippen LogP contribution in [-0.2, 0) is 20.7 Å². The molecule has 2 aliphatic rings. The average Bonchev–Trinajstić information content (AvgIpc) is 3.16. The number of aryl methyl sites for hydroxylation is 1. The third-order valence-electron chi connectivity index (χ3n) is 4.88. The Morgan fingerprint density at radius 3 is 2.80 bits per heavy atom. The second kappa shape index (κ2) is 11.2. The summed E-state index contributed by atoms with van der Waals surface area (Å²) in [5.41, 5.74) is 4.60. The molecule has 5 nitrogen and oxygen atoms in total. The van der Waals surface area contributed by atoms with Gasteiger partial charge >= 0.3 is 0 Å². The molecule has 0 spiro atoms. The molecule has 0 saturated carbocycles. The minimum absolute atomic E-state index is 0.0675. The van der Waals surface area contributed by atoms with E-state index in [0.29, 0.717) is 0 Å². The summed E-state index contributed by atoms with van der Waals surface area (Å²) < 4.78 is 10.9. The zero-order valence-corrected chi connectivity index (χ0v) is 17.6. The Balaban J connectivity index is 1.99. The highest BCUT2D eigenvalue weighted by atomic mass is 16.5. The number of unbranched alkanes of at least 4 members (excludes halogenated alkanes) is 1. The summed E-state index contributed by atoms with van der Waals surface area (Å²) >= 11 is 0. The molecule has 5 heteroatoms. The standard InChI is InChI=1S/C25H28N2O3/c1-3-4-9-21-18-26-24(19-7-5-10-22(29-2)14-12-19)25(27-21)20-8-6-11-23(15-13-20)30-17-16-28/h5-8,11-16,18,23H,3-4,9-10,17H2,1-2H3. The van der Waals surface area contributed by atoms with Crippen LogP contribution >= 0.6 is 0 Å². The molecular formula is C25H28N2O3. The number of hydrogen-bond acceptors (Lipinski definition) is 5. The number of aldehydes is 1. The first-order chi connectivity index (χ1) is 14.7. The van der Waals surface area contributed by atoms with Crippen molar-refractivity contribution in [1.82, 2.24) is 9.97 Å². The van der Waals surface area contributed by atoms with Crippen LogP contribution in [0.1, 0.15) is 43.3 Å². The second-order valence-corrected chi connectivity index (χ2v) is 7.06. The molecule has 0 aliphatic heterocycles. The molecule has 0 N–H and O–H groups in total. The molecule has 30 heavy (non-hydrogen) atoms. The third kappa shape index (κ3) is 5.74. The molecule has 1 atom stereocenters. The fourth-order valence-corrected chi connectivity index (χ4v) is 3.24. The molecule has 156 valence electrons. The fourth-order valence-electron chi connectivity index (χ4n) is 3.24. The lowest BCUT2D eigenvalue weighted by atomic mass is 10.0. The van der Waals surface area contributed by atoms with Crippen LogP contribution in [0.15, 0.2) is 66.6 Å². The molecule has 0 amide bonds. The first-order valence-corrected chi connectivity index (χ1v) is 10.3. The second-order valence-electron chi connectivity index (χ2n) is 7.06. The van der Waals surface area contributed by atoms with Gasteiger partial charge in [0.25, 0.3) is 0 Å². The lowest BCUT2D eigenvalue weighted by molar-refractivity contribution is -0.112. The number of methoxy groups -OCH3 is 1. The monoisotopic (exact) mass is 404 g/mol. The molecule has 2 aliphatic carbocycles. The van der Waals surface area contributed by atoms with Gasteiger partial charge in [-0.05, 0) is 25.0 Å². The smallest absolute Gasteiger partial charge is 0.145 e. The van der Waals surface area contributed by atoms with Gasteiger partial charge in [0, 0.05) is 23.8 Å². The number of carbonyl (C=O) groups is 1. The van der Waals surface area contributed by atoms with Gasteiger partial charge in [0.2, 0.25) is 0 Å². The maximum atomic E-state index is 10.6. The van der Waals surface area contributed by atoms with Crippen molar-refractivity contribution < 1.29 is 14.3 Å². The number of allylic oxidation sites excluding steroid dienone is 9. The van der Waals surface area contributed by atoms with Crippen LogP contribution in [0, 0.1) is 0 Å². The lowest BCUT2D eigenvalue weighted by Crippen LogP contribution is -2.08. The molecule has 1 heterocycles. The highest BCUT2D eigenvalue weighted by Crippen LogP contribution is 2.28. The maximum Gasteiger partial charge on any atom is 0.145 e. The summed E-state index contributed by atoms with van der Waals surface area (Å²) in [6, 6.07) is 0. The Kier molecular flexibility index (Phi) is 8.10. The molecular weight excluding hydrogens is 376 g/mol. The van der Waals surface area contributed by atoms with E-state index >= 15 is 0 Å². The molecule has 1 unspecified atom stereocenters. The van der Waals surface area contributed by atoms with Crippen molar-refractivity contribution in [2.45, 2.75) is 38.7 Å². The molecule has 0 aromatic carbocycles. The largest absolute Gasteiger partial charge is 0.501 e. The minimum Gasteiger partial charge on any atom is -0.501 e. The van der Waals surface area contributed by atoms with Gasteiger partial charge in [0.15, 0.2) is 0 Å². The number of aromatic nitrogens is 2. The van der Waals surface area contributed by atoms with Gasteiger partial charge in [-0.2, -0.15) is 0 Å². The van der Waals surface area contributed by atoms with Crippen LogP contribution in [0.5, 0.6) is 0 Å². The molecule has 1 aromatic rings. The Morgan fingerprint density at radius 2 is 2.00 bits per heavy atom. The Morgan fingerprint density at radius 1 is 1.13 bits per heavy atom. The Labute approximate surface area is 178 Å². The first kappa shape index (κ1) is 21.7.